The monoisotopic (exact) mass is 742 g/mol. The highest BCUT2D eigenvalue weighted by atomic mass is 79.9. The summed E-state index contributed by atoms with van der Waals surface area (Å²) < 4.78 is 12.9. The summed E-state index contributed by atoms with van der Waals surface area (Å²) in [5.74, 6) is 1.86. The highest BCUT2D eigenvalue weighted by Crippen LogP contribution is 2.44. The molecule has 0 spiro atoms. The van der Waals surface area contributed by atoms with Crippen LogP contribution in [-0.4, -0.2) is 30.4 Å². The van der Waals surface area contributed by atoms with Crippen molar-refractivity contribution in [3.8, 4) is 45.0 Å². The number of aromatic nitrogens is 2. The quantitative estimate of drug-likeness (QED) is 0.124. The Morgan fingerprint density at radius 3 is 1.94 bits per heavy atom. The Bertz CT molecular complexity index is 2280. The number of benzene rings is 5. The van der Waals surface area contributed by atoms with Crippen LogP contribution in [0.1, 0.15) is 5.56 Å². The molecule has 230 valence electrons. The number of halogens is 2. The average molecular weight is 744 g/mol. The van der Waals surface area contributed by atoms with Gasteiger partial charge in [-0.05, 0) is 82.9 Å². The predicted molar refractivity (Wildman–Crippen MR) is 200 cm³/mol. The van der Waals surface area contributed by atoms with Crippen LogP contribution in [0.4, 0.5) is 5.82 Å². The Kier molecular flexibility index (Phi) is 8.70. The normalized spacial score (nSPS) is 11.3. The molecular weight excluding hydrogens is 716 g/mol. The Balaban J connectivity index is 1.50. The van der Waals surface area contributed by atoms with Gasteiger partial charge in [-0.15, -0.1) is 0 Å². The first-order valence-corrected chi connectivity index (χ1v) is 16.5. The van der Waals surface area contributed by atoms with Crippen molar-refractivity contribution >= 4 is 65.7 Å². The Labute approximate surface area is 289 Å². The van der Waals surface area contributed by atoms with Gasteiger partial charge in [0.2, 0.25) is 0 Å². The first-order chi connectivity index (χ1) is 23.0. The summed E-state index contributed by atoms with van der Waals surface area (Å²) in [6, 6.07) is 40.9. The van der Waals surface area contributed by atoms with E-state index < -0.39 is 0 Å². The van der Waals surface area contributed by atoms with Gasteiger partial charge in [0.25, 0.3) is 0 Å². The largest absolute Gasteiger partial charge is 0.493 e. The number of methoxy groups -OCH3 is 2. The molecule has 2 aromatic heterocycles. The van der Waals surface area contributed by atoms with E-state index in [1.54, 1.807) is 20.4 Å². The van der Waals surface area contributed by atoms with Crippen molar-refractivity contribution in [1.29, 1.82) is 0 Å². The van der Waals surface area contributed by atoms with Gasteiger partial charge in [0, 0.05) is 25.3 Å². The number of rotatable bonds is 8. The van der Waals surface area contributed by atoms with Crippen LogP contribution in [-0.2, 0) is 0 Å². The molecule has 5 aromatic carbocycles. The number of pyridine rings is 2. The summed E-state index contributed by atoms with van der Waals surface area (Å²) in [4.78, 5) is 10.4. The zero-order valence-electron chi connectivity index (χ0n) is 25.5. The highest BCUT2D eigenvalue weighted by molar-refractivity contribution is 9.10. The van der Waals surface area contributed by atoms with Crippen molar-refractivity contribution < 1.29 is 9.47 Å². The molecule has 0 fully saturated rings. The summed E-state index contributed by atoms with van der Waals surface area (Å²) >= 11 is 7.38. The van der Waals surface area contributed by atoms with E-state index in [0.717, 1.165) is 69.8 Å². The highest BCUT2D eigenvalue weighted by Gasteiger charge is 2.22. The number of hydrogen-bond acceptors (Lipinski definition) is 6. The lowest BCUT2D eigenvalue weighted by Gasteiger charge is -2.19. The van der Waals surface area contributed by atoms with Gasteiger partial charge >= 0.3 is 0 Å². The molecule has 0 aliphatic heterocycles. The zero-order valence-corrected chi connectivity index (χ0v) is 28.7. The molecule has 0 saturated heterocycles. The van der Waals surface area contributed by atoms with Crippen molar-refractivity contribution in [2.45, 2.75) is 0 Å². The zero-order chi connectivity index (χ0) is 32.3. The number of nitrogens with one attached hydrogen (secondary N) is 1. The van der Waals surface area contributed by atoms with Crippen molar-refractivity contribution in [2.24, 2.45) is 5.10 Å². The van der Waals surface area contributed by atoms with E-state index in [-0.39, 0.29) is 0 Å². The van der Waals surface area contributed by atoms with Gasteiger partial charge in [-0.25, -0.2) is 9.97 Å². The van der Waals surface area contributed by atoms with Gasteiger partial charge in [-0.2, -0.15) is 5.10 Å². The Hall–Kier alpha value is -5.05. The van der Waals surface area contributed by atoms with Crippen LogP contribution in [0.3, 0.4) is 0 Å². The molecule has 0 amide bonds. The van der Waals surface area contributed by atoms with E-state index in [9.17, 15) is 0 Å². The molecule has 0 bridgehead atoms. The maximum atomic E-state index is 5.50. The number of nitrogens with zero attached hydrogens (tertiary/aromatic N) is 3. The van der Waals surface area contributed by atoms with E-state index in [1.165, 1.54) is 0 Å². The third-order valence-electron chi connectivity index (χ3n) is 7.91. The van der Waals surface area contributed by atoms with Gasteiger partial charge in [0.1, 0.15) is 0 Å². The fraction of sp³-hybridized carbons (Fsp3) is 0.0513. The van der Waals surface area contributed by atoms with Gasteiger partial charge in [-0.1, -0.05) is 92.5 Å². The first-order valence-electron chi connectivity index (χ1n) is 14.9. The molecule has 8 heteroatoms. The lowest BCUT2D eigenvalue weighted by atomic mass is 9.91. The molecule has 6 nitrogen and oxygen atoms in total. The smallest absolute Gasteiger partial charge is 0.161 e. The first kappa shape index (κ1) is 30.6. The van der Waals surface area contributed by atoms with Crippen LogP contribution in [0, 0.1) is 0 Å². The minimum Gasteiger partial charge on any atom is -0.493 e. The van der Waals surface area contributed by atoms with E-state index in [2.05, 4.69) is 97.0 Å². The lowest BCUT2D eigenvalue weighted by Crippen LogP contribution is -2.02. The van der Waals surface area contributed by atoms with Crippen LogP contribution in [0.5, 0.6) is 11.5 Å². The van der Waals surface area contributed by atoms with E-state index in [0.29, 0.717) is 17.3 Å². The number of hydrogen-bond donors (Lipinski definition) is 1. The van der Waals surface area contributed by atoms with Crippen LogP contribution in [0.15, 0.2) is 135 Å². The van der Waals surface area contributed by atoms with Gasteiger partial charge in [0.15, 0.2) is 17.3 Å². The third-order valence-corrected chi connectivity index (χ3v) is 8.90. The minimum absolute atomic E-state index is 0.582. The average Bonchev–Trinajstić information content (AvgIpc) is 3.11. The van der Waals surface area contributed by atoms with Crippen LogP contribution in [0.25, 0.3) is 55.3 Å². The maximum absolute atomic E-state index is 5.50. The fourth-order valence-electron chi connectivity index (χ4n) is 5.75. The molecule has 7 rings (SSSR count). The molecule has 47 heavy (non-hydrogen) atoms. The van der Waals surface area contributed by atoms with Crippen molar-refractivity contribution in [1.82, 2.24) is 9.97 Å². The Morgan fingerprint density at radius 1 is 0.617 bits per heavy atom. The maximum Gasteiger partial charge on any atom is 0.161 e. The predicted octanol–water partition coefficient (Wildman–Crippen LogP) is 10.8. The van der Waals surface area contributed by atoms with Gasteiger partial charge < -0.3 is 9.47 Å². The van der Waals surface area contributed by atoms with Gasteiger partial charge in [0.05, 0.1) is 42.7 Å². The summed E-state index contributed by atoms with van der Waals surface area (Å²) in [5.41, 5.74) is 11.6. The molecule has 0 saturated carbocycles. The SMILES string of the molecule is COc1ccc(C=NNc2nc3ccc(Br)cc3c(-c3ccccc3)c2-c2cc(-c3ccccc3)c3cc(Br)ccc3n2)cc1OC. The number of anilines is 1. The second-order valence-corrected chi connectivity index (χ2v) is 12.6. The molecule has 0 atom stereocenters. The van der Waals surface area contributed by atoms with Crippen LogP contribution in [0.2, 0.25) is 0 Å². The standard InChI is InChI=1S/C39H28Br2N4O2/c1-46-35-18-13-24(19-36(35)47-2)23-42-45-39-38(37(26-11-7-4-8-12-26)31-21-28(41)15-17-33(31)44-39)34-22-29(25-9-5-3-6-10-25)30-20-27(40)14-16-32(30)43-34/h3-23H,1-2H3,(H,44,45). The summed E-state index contributed by atoms with van der Waals surface area (Å²) in [6.45, 7) is 0. The molecule has 7 aromatic rings. The molecule has 1 N–H and O–H groups in total. The molecule has 0 aliphatic carbocycles. The number of ether oxygens (including phenoxy) is 2. The summed E-state index contributed by atoms with van der Waals surface area (Å²) in [6.07, 6.45) is 1.74. The van der Waals surface area contributed by atoms with Crippen molar-refractivity contribution in [2.75, 3.05) is 19.6 Å². The summed E-state index contributed by atoms with van der Waals surface area (Å²) in [5, 5.41) is 6.71. The number of hydrazone groups is 1. The fourth-order valence-corrected chi connectivity index (χ4v) is 6.48. The van der Waals surface area contributed by atoms with Crippen LogP contribution >= 0.6 is 31.9 Å². The molecule has 0 aliphatic rings. The molecule has 2 heterocycles. The van der Waals surface area contributed by atoms with Crippen molar-refractivity contribution in [3.63, 3.8) is 0 Å². The lowest BCUT2D eigenvalue weighted by molar-refractivity contribution is 0.355. The second-order valence-electron chi connectivity index (χ2n) is 10.8. The number of fused-ring (bicyclic) bond motifs is 2. The van der Waals surface area contributed by atoms with Gasteiger partial charge in [-0.3, -0.25) is 5.43 Å². The molecular formula is C39H28Br2N4O2. The van der Waals surface area contributed by atoms with E-state index >= 15 is 0 Å². The van der Waals surface area contributed by atoms with Crippen molar-refractivity contribution in [3.05, 3.63) is 136 Å². The topological polar surface area (TPSA) is 68.6 Å². The molecule has 0 unspecified atom stereocenters. The Morgan fingerprint density at radius 2 is 1.26 bits per heavy atom. The van der Waals surface area contributed by atoms with E-state index in [4.69, 9.17) is 19.4 Å². The van der Waals surface area contributed by atoms with E-state index in [1.807, 2.05) is 66.7 Å². The summed E-state index contributed by atoms with van der Waals surface area (Å²) in [7, 11) is 3.23. The minimum atomic E-state index is 0.582. The molecule has 0 radical (unpaired) electrons. The van der Waals surface area contributed by atoms with Crippen LogP contribution < -0.4 is 14.9 Å². The second kappa shape index (κ2) is 13.4. The third kappa shape index (κ3) is 6.22.